The molecule has 0 saturated heterocycles. The minimum absolute atomic E-state index is 0.162. The molecule has 0 bridgehead atoms. The van der Waals surface area contributed by atoms with Gasteiger partial charge in [0, 0.05) is 0 Å². The zero-order chi connectivity index (χ0) is 23.1. The molecule has 3 aromatic carbocycles. The summed E-state index contributed by atoms with van der Waals surface area (Å²) in [4.78, 5) is 3.92. The van der Waals surface area contributed by atoms with Crippen LogP contribution in [0.1, 0.15) is 65.2 Å². The van der Waals surface area contributed by atoms with E-state index in [0.29, 0.717) is 0 Å². The summed E-state index contributed by atoms with van der Waals surface area (Å²) in [6.45, 7) is 6.06. The molecule has 0 N–H and O–H groups in total. The number of hydrogen-bond donors (Lipinski definition) is 0. The Balaban J connectivity index is 1.68. The lowest BCUT2D eigenvalue weighted by Gasteiger charge is -2.11. The number of rotatable bonds is 15. The molecular formula is C30H39O2S+. The van der Waals surface area contributed by atoms with Crippen molar-refractivity contribution in [3.8, 4) is 11.5 Å². The summed E-state index contributed by atoms with van der Waals surface area (Å²) in [5.74, 6) is 1.91. The molecule has 33 heavy (non-hydrogen) atoms. The molecule has 0 aliphatic heterocycles. The zero-order valence-corrected chi connectivity index (χ0v) is 21.1. The second-order valence-electron chi connectivity index (χ2n) is 8.38. The molecule has 0 aliphatic carbocycles. The molecule has 3 rings (SSSR count). The summed E-state index contributed by atoms with van der Waals surface area (Å²) < 4.78 is 11.9. The van der Waals surface area contributed by atoms with Gasteiger partial charge in [-0.3, -0.25) is 0 Å². The van der Waals surface area contributed by atoms with Gasteiger partial charge in [0.25, 0.3) is 0 Å². The van der Waals surface area contributed by atoms with Gasteiger partial charge in [-0.05, 0) is 73.5 Å². The van der Waals surface area contributed by atoms with Crippen LogP contribution in [0.5, 0.6) is 11.5 Å². The van der Waals surface area contributed by atoms with E-state index in [9.17, 15) is 0 Å². The maximum Gasteiger partial charge on any atom is 0.166 e. The molecule has 0 radical (unpaired) electrons. The Labute approximate surface area is 203 Å². The first-order valence-electron chi connectivity index (χ1n) is 12.6. The first-order valence-corrected chi connectivity index (χ1v) is 13.8. The summed E-state index contributed by atoms with van der Waals surface area (Å²) in [6.07, 6.45) is 9.80. The van der Waals surface area contributed by atoms with Crippen LogP contribution in [-0.4, -0.2) is 13.2 Å². The SMILES string of the molecule is CCCCCCOc1ccc([S+](c2ccccc2)c2ccc(OCCCCCC)cc2)cc1. The minimum atomic E-state index is -0.162. The van der Waals surface area contributed by atoms with Crippen LogP contribution in [0.15, 0.2) is 93.5 Å². The van der Waals surface area contributed by atoms with Crippen molar-refractivity contribution < 1.29 is 9.47 Å². The molecule has 0 unspecified atom stereocenters. The highest BCUT2D eigenvalue weighted by molar-refractivity contribution is 7.97. The van der Waals surface area contributed by atoms with E-state index in [-0.39, 0.29) is 10.9 Å². The van der Waals surface area contributed by atoms with Gasteiger partial charge in [-0.15, -0.1) is 0 Å². The average Bonchev–Trinajstić information content (AvgIpc) is 2.86. The third-order valence-electron chi connectivity index (χ3n) is 5.63. The maximum atomic E-state index is 5.96. The topological polar surface area (TPSA) is 18.5 Å². The summed E-state index contributed by atoms with van der Waals surface area (Å²) >= 11 is 0. The molecule has 176 valence electrons. The summed E-state index contributed by atoms with van der Waals surface area (Å²) in [6, 6.07) is 28.1. The van der Waals surface area contributed by atoms with Crippen LogP contribution in [0, 0.1) is 0 Å². The molecular weight excluding hydrogens is 424 g/mol. The fraction of sp³-hybridized carbons (Fsp3) is 0.400. The van der Waals surface area contributed by atoms with Crippen LogP contribution in [0.4, 0.5) is 0 Å². The number of hydrogen-bond acceptors (Lipinski definition) is 2. The van der Waals surface area contributed by atoms with Crippen molar-refractivity contribution in [2.24, 2.45) is 0 Å². The summed E-state index contributed by atoms with van der Waals surface area (Å²) in [5.41, 5.74) is 0. The maximum absolute atomic E-state index is 5.96. The van der Waals surface area contributed by atoms with Crippen LogP contribution >= 0.6 is 0 Å². The van der Waals surface area contributed by atoms with Gasteiger partial charge in [-0.1, -0.05) is 70.6 Å². The van der Waals surface area contributed by atoms with Gasteiger partial charge in [-0.2, -0.15) is 0 Å². The van der Waals surface area contributed by atoms with Crippen LogP contribution in [0.25, 0.3) is 0 Å². The van der Waals surface area contributed by atoms with Gasteiger partial charge < -0.3 is 9.47 Å². The summed E-state index contributed by atoms with van der Waals surface area (Å²) in [7, 11) is -0.162. The molecule has 0 aliphatic rings. The first-order chi connectivity index (χ1) is 16.3. The van der Waals surface area contributed by atoms with Gasteiger partial charge in [0.1, 0.15) is 11.5 Å². The van der Waals surface area contributed by atoms with E-state index in [4.69, 9.17) is 9.47 Å². The smallest absolute Gasteiger partial charge is 0.166 e. The van der Waals surface area contributed by atoms with E-state index >= 15 is 0 Å². The van der Waals surface area contributed by atoms with Crippen molar-refractivity contribution in [1.29, 1.82) is 0 Å². The van der Waals surface area contributed by atoms with Crippen LogP contribution < -0.4 is 9.47 Å². The Kier molecular flexibility index (Phi) is 11.2. The lowest BCUT2D eigenvalue weighted by molar-refractivity contribution is 0.305. The van der Waals surface area contributed by atoms with E-state index in [2.05, 4.69) is 92.7 Å². The third-order valence-corrected chi connectivity index (χ3v) is 7.86. The normalized spacial score (nSPS) is 11.0. The van der Waals surface area contributed by atoms with Crippen molar-refractivity contribution in [3.05, 3.63) is 78.9 Å². The highest BCUT2D eigenvalue weighted by Crippen LogP contribution is 2.33. The van der Waals surface area contributed by atoms with Crippen molar-refractivity contribution in [1.82, 2.24) is 0 Å². The van der Waals surface area contributed by atoms with Crippen molar-refractivity contribution in [2.75, 3.05) is 13.2 Å². The zero-order valence-electron chi connectivity index (χ0n) is 20.3. The molecule has 2 nitrogen and oxygen atoms in total. The first kappa shape index (κ1) is 25.2. The molecule has 0 aromatic heterocycles. The van der Waals surface area contributed by atoms with E-state index in [1.54, 1.807) is 0 Å². The van der Waals surface area contributed by atoms with Crippen molar-refractivity contribution in [2.45, 2.75) is 79.9 Å². The highest BCUT2D eigenvalue weighted by atomic mass is 32.2. The molecule has 0 amide bonds. The molecule has 0 heterocycles. The quantitative estimate of drug-likeness (QED) is 0.166. The van der Waals surface area contributed by atoms with Gasteiger partial charge >= 0.3 is 0 Å². The Morgan fingerprint density at radius 2 is 0.909 bits per heavy atom. The van der Waals surface area contributed by atoms with Crippen molar-refractivity contribution in [3.63, 3.8) is 0 Å². The molecule has 3 heteroatoms. The average molecular weight is 464 g/mol. The van der Waals surface area contributed by atoms with Crippen LogP contribution in [0.2, 0.25) is 0 Å². The molecule has 0 saturated carbocycles. The number of ether oxygens (including phenoxy) is 2. The Bertz CT molecular complexity index is 833. The molecule has 0 spiro atoms. The van der Waals surface area contributed by atoms with Gasteiger partial charge in [0.15, 0.2) is 14.7 Å². The van der Waals surface area contributed by atoms with Gasteiger partial charge in [0.05, 0.1) is 24.1 Å². The van der Waals surface area contributed by atoms with Crippen LogP contribution in [0.3, 0.4) is 0 Å². The van der Waals surface area contributed by atoms with Crippen molar-refractivity contribution >= 4 is 10.9 Å². The lowest BCUT2D eigenvalue weighted by Crippen LogP contribution is -2.05. The molecule has 0 fully saturated rings. The Hall–Kier alpha value is -2.39. The Morgan fingerprint density at radius 3 is 1.33 bits per heavy atom. The second kappa shape index (κ2) is 14.7. The third kappa shape index (κ3) is 8.47. The van der Waals surface area contributed by atoms with E-state index in [1.165, 1.54) is 53.2 Å². The minimum Gasteiger partial charge on any atom is -0.494 e. The Morgan fingerprint density at radius 1 is 0.485 bits per heavy atom. The second-order valence-corrected chi connectivity index (χ2v) is 10.4. The predicted molar refractivity (Wildman–Crippen MR) is 141 cm³/mol. The summed E-state index contributed by atoms with van der Waals surface area (Å²) in [5, 5.41) is 0. The highest BCUT2D eigenvalue weighted by Gasteiger charge is 2.28. The van der Waals surface area contributed by atoms with E-state index in [1.807, 2.05) is 0 Å². The van der Waals surface area contributed by atoms with Crippen LogP contribution in [-0.2, 0) is 10.9 Å². The molecule has 0 atom stereocenters. The van der Waals surface area contributed by atoms with Gasteiger partial charge in [-0.25, -0.2) is 0 Å². The molecule has 3 aromatic rings. The fourth-order valence-corrected chi connectivity index (χ4v) is 5.81. The standard InChI is InChI=1S/C30H39O2S/c1-3-5-7-12-24-31-26-16-20-29(21-17-26)33(28-14-10-9-11-15-28)30-22-18-27(19-23-30)32-25-13-8-6-4-2/h9-11,14-23H,3-8,12-13,24-25H2,1-2H3/q+1. The number of unbranched alkanes of at least 4 members (excludes halogenated alkanes) is 6. The fourth-order valence-electron chi connectivity index (χ4n) is 3.75. The lowest BCUT2D eigenvalue weighted by atomic mass is 10.2. The number of benzene rings is 3. The predicted octanol–water partition coefficient (Wildman–Crippen LogP) is 8.70. The van der Waals surface area contributed by atoms with Gasteiger partial charge in [0.2, 0.25) is 0 Å². The monoisotopic (exact) mass is 463 g/mol. The van der Waals surface area contributed by atoms with E-state index in [0.717, 1.165) is 37.6 Å². The van der Waals surface area contributed by atoms with E-state index < -0.39 is 0 Å². The largest absolute Gasteiger partial charge is 0.494 e.